The van der Waals surface area contributed by atoms with Gasteiger partial charge in [-0.05, 0) is 55.9 Å². The third-order valence-electron chi connectivity index (χ3n) is 4.66. The lowest BCUT2D eigenvalue weighted by Crippen LogP contribution is -2.40. The first-order chi connectivity index (χ1) is 9.71. The topological polar surface area (TPSA) is 37.3 Å². The fraction of sp³-hybridized carbons (Fsp3) is 0.600. The Balaban J connectivity index is 2.02. The minimum absolute atomic E-state index is 0.0947. The van der Waals surface area contributed by atoms with E-state index in [1.54, 1.807) is 6.92 Å². The maximum atomic E-state index is 12.9. The molecule has 2 atom stereocenters. The van der Waals surface area contributed by atoms with Gasteiger partial charge < -0.3 is 5.11 Å². The average molecular weight is 318 g/mol. The molecule has 2 saturated heterocycles. The van der Waals surface area contributed by atoms with Gasteiger partial charge in [0.1, 0.15) is 0 Å². The standard InChI is InChI=1S/C15H17F3O2S/c1-9-2-3-10(15(16,17)18)6-13(9)14(19)7-11-4-5-12(8-14)21(11)20/h2-3,6,11-12,19H,4-5,7-8H2,1H3. The molecule has 2 aliphatic heterocycles. The number of rotatable bonds is 1. The SMILES string of the molecule is Cc1ccc(C(F)(F)F)cc1C1(O)CC2CCC(C1)S2=O. The fourth-order valence-electron chi connectivity index (χ4n) is 3.60. The summed E-state index contributed by atoms with van der Waals surface area (Å²) in [6, 6.07) is 3.50. The Morgan fingerprint density at radius 1 is 1.24 bits per heavy atom. The number of hydrogen-bond donors (Lipinski definition) is 1. The summed E-state index contributed by atoms with van der Waals surface area (Å²) in [6.45, 7) is 1.71. The van der Waals surface area contributed by atoms with Gasteiger partial charge in [-0.25, -0.2) is 0 Å². The largest absolute Gasteiger partial charge is 0.416 e. The lowest BCUT2D eigenvalue weighted by Gasteiger charge is -2.37. The van der Waals surface area contributed by atoms with Crippen molar-refractivity contribution in [1.82, 2.24) is 0 Å². The molecule has 1 N–H and O–H groups in total. The highest BCUT2D eigenvalue weighted by Crippen LogP contribution is 2.47. The summed E-state index contributed by atoms with van der Waals surface area (Å²) in [7, 11) is -0.950. The van der Waals surface area contributed by atoms with Crippen molar-refractivity contribution in [2.75, 3.05) is 0 Å². The van der Waals surface area contributed by atoms with Crippen molar-refractivity contribution >= 4 is 10.8 Å². The van der Waals surface area contributed by atoms with Crippen LogP contribution in [0.3, 0.4) is 0 Å². The summed E-state index contributed by atoms with van der Waals surface area (Å²) in [5, 5.41) is 10.7. The van der Waals surface area contributed by atoms with E-state index < -0.39 is 28.1 Å². The van der Waals surface area contributed by atoms with Gasteiger partial charge in [0.2, 0.25) is 0 Å². The maximum Gasteiger partial charge on any atom is 0.416 e. The minimum Gasteiger partial charge on any atom is -0.385 e. The van der Waals surface area contributed by atoms with Gasteiger partial charge in [-0.2, -0.15) is 13.2 Å². The second-order valence-corrected chi connectivity index (χ2v) is 8.11. The summed E-state index contributed by atoms with van der Waals surface area (Å²) in [6.07, 6.45) is -2.26. The van der Waals surface area contributed by atoms with Crippen LogP contribution in [0.4, 0.5) is 13.2 Å². The molecule has 0 saturated carbocycles. The number of fused-ring (bicyclic) bond motifs is 2. The molecule has 2 aliphatic rings. The van der Waals surface area contributed by atoms with Gasteiger partial charge in [-0.3, -0.25) is 4.21 Å². The Morgan fingerprint density at radius 3 is 2.33 bits per heavy atom. The van der Waals surface area contributed by atoms with Crippen molar-refractivity contribution in [2.24, 2.45) is 0 Å². The Hall–Kier alpha value is -0.880. The van der Waals surface area contributed by atoms with E-state index in [0.29, 0.717) is 11.1 Å². The first-order valence-corrected chi connectivity index (χ1v) is 8.28. The van der Waals surface area contributed by atoms with E-state index in [1.165, 1.54) is 6.07 Å². The van der Waals surface area contributed by atoms with E-state index in [0.717, 1.165) is 25.0 Å². The molecule has 0 aliphatic carbocycles. The molecule has 0 aromatic heterocycles. The highest BCUT2D eigenvalue weighted by molar-refractivity contribution is 7.86. The first kappa shape index (κ1) is 15.0. The van der Waals surface area contributed by atoms with Crippen LogP contribution in [0, 0.1) is 6.92 Å². The van der Waals surface area contributed by atoms with E-state index in [-0.39, 0.29) is 23.3 Å². The Kier molecular flexibility index (Phi) is 3.44. The second-order valence-electron chi connectivity index (χ2n) is 6.12. The van der Waals surface area contributed by atoms with E-state index in [2.05, 4.69) is 0 Å². The van der Waals surface area contributed by atoms with Crippen LogP contribution in [-0.2, 0) is 22.6 Å². The van der Waals surface area contributed by atoms with E-state index in [9.17, 15) is 22.5 Å². The molecule has 0 amide bonds. The molecular formula is C15H17F3O2S. The number of hydrogen-bond acceptors (Lipinski definition) is 2. The lowest BCUT2D eigenvalue weighted by atomic mass is 9.82. The molecule has 21 heavy (non-hydrogen) atoms. The Bertz CT molecular complexity index is 581. The zero-order valence-electron chi connectivity index (χ0n) is 11.6. The molecule has 1 aromatic carbocycles. The quantitative estimate of drug-likeness (QED) is 0.863. The van der Waals surface area contributed by atoms with Crippen molar-refractivity contribution in [2.45, 2.75) is 54.9 Å². The molecule has 1 aromatic rings. The van der Waals surface area contributed by atoms with Crippen LogP contribution in [0.1, 0.15) is 42.4 Å². The van der Waals surface area contributed by atoms with Crippen LogP contribution in [0.2, 0.25) is 0 Å². The van der Waals surface area contributed by atoms with Gasteiger partial charge in [-0.15, -0.1) is 0 Å². The molecule has 0 spiro atoms. The van der Waals surface area contributed by atoms with Crippen molar-refractivity contribution in [3.05, 3.63) is 34.9 Å². The minimum atomic E-state index is -4.42. The molecule has 6 heteroatoms. The monoisotopic (exact) mass is 318 g/mol. The van der Waals surface area contributed by atoms with Gasteiger partial charge in [0, 0.05) is 21.3 Å². The number of aryl methyl sites for hydroxylation is 1. The number of benzene rings is 1. The molecule has 2 bridgehead atoms. The van der Waals surface area contributed by atoms with Crippen LogP contribution in [0.5, 0.6) is 0 Å². The molecule has 2 nitrogen and oxygen atoms in total. The van der Waals surface area contributed by atoms with Gasteiger partial charge in [-0.1, -0.05) is 6.07 Å². The van der Waals surface area contributed by atoms with Gasteiger partial charge in [0.15, 0.2) is 0 Å². The summed E-state index contributed by atoms with van der Waals surface area (Å²) in [4.78, 5) is 0. The van der Waals surface area contributed by atoms with Crippen molar-refractivity contribution in [3.8, 4) is 0 Å². The van der Waals surface area contributed by atoms with Crippen LogP contribution in [0.15, 0.2) is 18.2 Å². The molecular weight excluding hydrogens is 301 g/mol. The molecule has 2 fully saturated rings. The number of aliphatic hydroxyl groups is 1. The molecule has 116 valence electrons. The van der Waals surface area contributed by atoms with E-state index >= 15 is 0 Å². The second kappa shape index (κ2) is 4.81. The van der Waals surface area contributed by atoms with Crippen LogP contribution in [0.25, 0.3) is 0 Å². The van der Waals surface area contributed by atoms with Crippen LogP contribution in [-0.4, -0.2) is 19.8 Å². The first-order valence-electron chi connectivity index (χ1n) is 7.01. The molecule has 2 heterocycles. The van der Waals surface area contributed by atoms with Crippen molar-refractivity contribution in [1.29, 1.82) is 0 Å². The normalized spacial score (nSPS) is 36.0. The predicted molar refractivity (Wildman–Crippen MR) is 74.3 cm³/mol. The van der Waals surface area contributed by atoms with Crippen LogP contribution < -0.4 is 0 Å². The molecule has 0 radical (unpaired) electrons. The van der Waals surface area contributed by atoms with E-state index in [1.807, 2.05) is 0 Å². The predicted octanol–water partition coefficient (Wildman–Crippen LogP) is 3.27. The summed E-state index contributed by atoms with van der Waals surface area (Å²) in [5.41, 5.74) is -1.04. The zero-order valence-corrected chi connectivity index (χ0v) is 12.4. The summed E-state index contributed by atoms with van der Waals surface area (Å²) >= 11 is 0. The third-order valence-corrected chi connectivity index (χ3v) is 6.78. The number of halogens is 3. The third kappa shape index (κ3) is 2.52. The Morgan fingerprint density at radius 2 is 1.81 bits per heavy atom. The molecule has 2 unspecified atom stereocenters. The fourth-order valence-corrected chi connectivity index (χ4v) is 5.76. The Labute approximate surface area is 123 Å². The smallest absolute Gasteiger partial charge is 0.385 e. The zero-order chi connectivity index (χ0) is 15.4. The van der Waals surface area contributed by atoms with Crippen molar-refractivity contribution < 1.29 is 22.5 Å². The van der Waals surface area contributed by atoms with Crippen LogP contribution >= 0.6 is 0 Å². The maximum absolute atomic E-state index is 12.9. The summed E-state index contributed by atoms with van der Waals surface area (Å²) in [5.74, 6) is 0. The highest BCUT2D eigenvalue weighted by Gasteiger charge is 2.49. The van der Waals surface area contributed by atoms with Crippen molar-refractivity contribution in [3.63, 3.8) is 0 Å². The average Bonchev–Trinajstić information content (AvgIpc) is 2.61. The molecule has 3 rings (SSSR count). The van der Waals surface area contributed by atoms with Gasteiger partial charge >= 0.3 is 6.18 Å². The van der Waals surface area contributed by atoms with E-state index in [4.69, 9.17) is 0 Å². The highest BCUT2D eigenvalue weighted by atomic mass is 32.2. The van der Waals surface area contributed by atoms with Gasteiger partial charge in [0.05, 0.1) is 11.2 Å². The lowest BCUT2D eigenvalue weighted by molar-refractivity contribution is -0.137. The summed E-state index contributed by atoms with van der Waals surface area (Å²) < 4.78 is 50.7. The van der Waals surface area contributed by atoms with Gasteiger partial charge in [0.25, 0.3) is 0 Å². The number of alkyl halides is 3.